The molecule has 0 aliphatic heterocycles. The second-order valence-corrected chi connectivity index (χ2v) is 3.38. The molecular formula is C11H15NO. The van der Waals surface area contributed by atoms with Gasteiger partial charge in [-0.25, -0.2) is 0 Å². The highest BCUT2D eigenvalue weighted by molar-refractivity contribution is 5.05. The number of rotatable bonds is 4. The number of hydrogen-bond donors (Lipinski definition) is 1. The maximum atomic E-state index is 9.64. The van der Waals surface area contributed by atoms with Crippen LogP contribution < -0.4 is 0 Å². The van der Waals surface area contributed by atoms with Crippen LogP contribution in [0.15, 0.2) is 37.1 Å². The third-order valence-electron chi connectivity index (χ3n) is 2.05. The lowest BCUT2D eigenvalue weighted by molar-refractivity contribution is 0.102. The third-order valence-corrected chi connectivity index (χ3v) is 2.05. The average molecular weight is 177 g/mol. The lowest BCUT2D eigenvalue weighted by Crippen LogP contribution is -2.21. The van der Waals surface area contributed by atoms with Crippen molar-refractivity contribution in [3.8, 4) is 0 Å². The highest BCUT2D eigenvalue weighted by Gasteiger charge is 2.14. The minimum Gasteiger partial charge on any atom is -0.386 e. The number of pyridine rings is 1. The van der Waals surface area contributed by atoms with Crippen molar-refractivity contribution < 1.29 is 5.11 Å². The Balaban J connectivity index is 2.48. The van der Waals surface area contributed by atoms with E-state index in [-0.39, 0.29) is 0 Å². The van der Waals surface area contributed by atoms with Crippen molar-refractivity contribution in [2.75, 3.05) is 0 Å². The molecule has 0 radical (unpaired) electrons. The fraction of sp³-hybridized carbons (Fsp3) is 0.364. The van der Waals surface area contributed by atoms with Crippen molar-refractivity contribution in [3.05, 3.63) is 42.7 Å². The van der Waals surface area contributed by atoms with Crippen LogP contribution in [0.5, 0.6) is 0 Å². The summed E-state index contributed by atoms with van der Waals surface area (Å²) < 4.78 is 0. The first-order valence-corrected chi connectivity index (χ1v) is 4.40. The molecule has 0 aromatic carbocycles. The van der Waals surface area contributed by atoms with E-state index in [0.29, 0.717) is 6.42 Å². The first kappa shape index (κ1) is 9.93. The fourth-order valence-electron chi connectivity index (χ4n) is 1.03. The van der Waals surface area contributed by atoms with Crippen LogP contribution in [0.3, 0.4) is 0 Å². The van der Waals surface area contributed by atoms with E-state index in [9.17, 15) is 5.11 Å². The molecule has 0 fully saturated rings. The van der Waals surface area contributed by atoms with Gasteiger partial charge in [0, 0.05) is 11.9 Å². The molecule has 70 valence electrons. The van der Waals surface area contributed by atoms with E-state index in [1.165, 1.54) is 0 Å². The summed E-state index contributed by atoms with van der Waals surface area (Å²) in [4.78, 5) is 4.17. The molecule has 13 heavy (non-hydrogen) atoms. The Kier molecular flexibility index (Phi) is 3.20. The van der Waals surface area contributed by atoms with Gasteiger partial charge in [0.25, 0.3) is 0 Å². The minimum absolute atomic E-state index is 0.660. The van der Waals surface area contributed by atoms with Crippen molar-refractivity contribution >= 4 is 0 Å². The summed E-state index contributed by atoms with van der Waals surface area (Å²) in [6, 6.07) is 5.79. The molecule has 0 bridgehead atoms. The normalized spacial score (nSPS) is 14.9. The zero-order valence-corrected chi connectivity index (χ0v) is 7.90. The Labute approximate surface area is 78.9 Å². The lowest BCUT2D eigenvalue weighted by atomic mass is 9.99. The maximum Gasteiger partial charge on any atom is 0.0800 e. The molecule has 2 heteroatoms. The van der Waals surface area contributed by atoms with Gasteiger partial charge >= 0.3 is 0 Å². The van der Waals surface area contributed by atoms with E-state index in [4.69, 9.17) is 0 Å². The molecule has 1 aromatic heterocycles. The predicted molar refractivity (Wildman–Crippen MR) is 53.4 cm³/mol. The third kappa shape index (κ3) is 3.38. The van der Waals surface area contributed by atoms with Crippen molar-refractivity contribution in [2.45, 2.75) is 25.4 Å². The van der Waals surface area contributed by atoms with Gasteiger partial charge < -0.3 is 5.11 Å². The summed E-state index contributed by atoms with van der Waals surface area (Å²) in [5.41, 5.74) is 0.224. The van der Waals surface area contributed by atoms with Gasteiger partial charge in [-0.2, -0.15) is 0 Å². The van der Waals surface area contributed by atoms with Gasteiger partial charge in [0.1, 0.15) is 0 Å². The van der Waals surface area contributed by atoms with E-state index in [2.05, 4.69) is 11.6 Å². The van der Waals surface area contributed by atoms with Crippen molar-refractivity contribution in [1.29, 1.82) is 0 Å². The number of aromatic nitrogens is 1. The second kappa shape index (κ2) is 4.19. The molecule has 1 heterocycles. The zero-order chi connectivity index (χ0) is 9.73. The largest absolute Gasteiger partial charge is 0.386 e. The summed E-state index contributed by atoms with van der Waals surface area (Å²) in [5, 5.41) is 9.64. The predicted octanol–water partition coefficient (Wildman–Crippen LogP) is 1.95. The Morgan fingerprint density at radius 1 is 1.62 bits per heavy atom. The van der Waals surface area contributed by atoms with Crippen molar-refractivity contribution in [1.82, 2.24) is 4.98 Å². The number of hydrogen-bond acceptors (Lipinski definition) is 2. The molecule has 0 aliphatic rings. The molecule has 0 amide bonds. The van der Waals surface area contributed by atoms with Crippen LogP contribution in [0.25, 0.3) is 0 Å². The summed E-state index contributed by atoms with van der Waals surface area (Å²) in [6.45, 7) is 5.33. The SMILES string of the molecule is C=C[C@@](C)(O)CCc1ccccn1. The molecule has 1 aromatic rings. The number of nitrogens with zero attached hydrogens (tertiary/aromatic N) is 1. The van der Waals surface area contributed by atoms with Crippen LogP contribution in [0.2, 0.25) is 0 Å². The van der Waals surface area contributed by atoms with E-state index >= 15 is 0 Å². The van der Waals surface area contributed by atoms with Crippen molar-refractivity contribution in [2.24, 2.45) is 0 Å². The van der Waals surface area contributed by atoms with Crippen molar-refractivity contribution in [3.63, 3.8) is 0 Å². The van der Waals surface area contributed by atoms with E-state index in [1.807, 2.05) is 18.2 Å². The highest BCUT2D eigenvalue weighted by Crippen LogP contribution is 2.13. The molecule has 1 N–H and O–H groups in total. The minimum atomic E-state index is -0.780. The second-order valence-electron chi connectivity index (χ2n) is 3.38. The fourth-order valence-corrected chi connectivity index (χ4v) is 1.03. The summed E-state index contributed by atoms with van der Waals surface area (Å²) >= 11 is 0. The molecule has 1 atom stereocenters. The Morgan fingerprint density at radius 2 is 2.38 bits per heavy atom. The summed E-state index contributed by atoms with van der Waals surface area (Å²) in [7, 11) is 0. The van der Waals surface area contributed by atoms with Crippen LogP contribution in [-0.2, 0) is 6.42 Å². The monoisotopic (exact) mass is 177 g/mol. The Morgan fingerprint density at radius 3 is 2.92 bits per heavy atom. The van der Waals surface area contributed by atoms with Gasteiger partial charge in [-0.1, -0.05) is 12.1 Å². The molecule has 0 unspecified atom stereocenters. The zero-order valence-electron chi connectivity index (χ0n) is 7.90. The standard InChI is InChI=1S/C11H15NO/c1-3-11(2,13)8-7-10-6-4-5-9-12-10/h3-6,9,13H,1,7-8H2,2H3/t11-/m1/s1. The molecule has 2 nitrogen and oxygen atoms in total. The van der Waals surface area contributed by atoms with Gasteiger partial charge in [0.05, 0.1) is 5.60 Å². The van der Waals surface area contributed by atoms with Gasteiger partial charge in [0.2, 0.25) is 0 Å². The average Bonchev–Trinajstić information content (AvgIpc) is 2.17. The van der Waals surface area contributed by atoms with Crippen LogP contribution >= 0.6 is 0 Å². The van der Waals surface area contributed by atoms with E-state index in [0.717, 1.165) is 12.1 Å². The van der Waals surface area contributed by atoms with Crippen LogP contribution in [-0.4, -0.2) is 15.7 Å². The van der Waals surface area contributed by atoms with Crippen LogP contribution in [0.1, 0.15) is 19.0 Å². The number of aliphatic hydroxyl groups is 1. The van der Waals surface area contributed by atoms with Crippen LogP contribution in [0.4, 0.5) is 0 Å². The molecule has 0 saturated heterocycles. The Hall–Kier alpha value is -1.15. The quantitative estimate of drug-likeness (QED) is 0.713. The first-order valence-electron chi connectivity index (χ1n) is 4.40. The van der Waals surface area contributed by atoms with Gasteiger partial charge in [-0.05, 0) is 31.9 Å². The molecular weight excluding hydrogens is 162 g/mol. The number of aryl methyl sites for hydroxylation is 1. The van der Waals surface area contributed by atoms with Crippen LogP contribution in [0, 0.1) is 0 Å². The Bertz CT molecular complexity index is 267. The summed E-state index contributed by atoms with van der Waals surface area (Å²) in [5.74, 6) is 0. The molecule has 0 aliphatic carbocycles. The van der Waals surface area contributed by atoms with Gasteiger partial charge in [-0.3, -0.25) is 4.98 Å². The first-order chi connectivity index (χ1) is 6.14. The topological polar surface area (TPSA) is 33.1 Å². The van der Waals surface area contributed by atoms with Gasteiger partial charge in [-0.15, -0.1) is 6.58 Å². The van der Waals surface area contributed by atoms with E-state index < -0.39 is 5.60 Å². The lowest BCUT2D eigenvalue weighted by Gasteiger charge is -2.17. The molecule has 0 spiro atoms. The summed E-state index contributed by atoms with van der Waals surface area (Å²) in [6.07, 6.45) is 4.77. The maximum absolute atomic E-state index is 9.64. The molecule has 1 rings (SSSR count). The highest BCUT2D eigenvalue weighted by atomic mass is 16.3. The van der Waals surface area contributed by atoms with E-state index in [1.54, 1.807) is 19.2 Å². The smallest absolute Gasteiger partial charge is 0.0800 e. The molecule has 0 saturated carbocycles. The van der Waals surface area contributed by atoms with Gasteiger partial charge in [0.15, 0.2) is 0 Å².